The number of ether oxygens (including phenoxy) is 1. The summed E-state index contributed by atoms with van der Waals surface area (Å²) in [6, 6.07) is 7.38. The number of aromatic nitrogens is 2. The normalized spacial score (nSPS) is 11.1. The van der Waals surface area contributed by atoms with Gasteiger partial charge in [-0.15, -0.1) is 11.3 Å². The molecule has 3 aromatic rings. The second-order valence-corrected chi connectivity index (χ2v) is 7.77. The number of carbonyl (C=O) groups excluding carboxylic acids is 1. The number of H-pyrrole nitrogens is 1. The molecule has 0 bridgehead atoms. The lowest BCUT2D eigenvalue weighted by Gasteiger charge is -2.24. The van der Waals surface area contributed by atoms with Gasteiger partial charge >= 0.3 is 5.69 Å². The fourth-order valence-electron chi connectivity index (χ4n) is 3.06. The lowest BCUT2D eigenvalue weighted by molar-refractivity contribution is 0.0979. The average Bonchev–Trinajstić information content (AvgIpc) is 3.04. The van der Waals surface area contributed by atoms with Gasteiger partial charge in [-0.05, 0) is 12.5 Å². The van der Waals surface area contributed by atoms with Gasteiger partial charge in [0.1, 0.15) is 10.7 Å². The number of hydrogen-bond acceptors (Lipinski definition) is 6. The second-order valence-electron chi connectivity index (χ2n) is 6.34. The van der Waals surface area contributed by atoms with E-state index in [1.54, 1.807) is 0 Å². The number of nitrogen functional groups attached to an aromatic ring is 1. The first kappa shape index (κ1) is 21.1. The van der Waals surface area contributed by atoms with Crippen LogP contribution in [0.5, 0.6) is 0 Å². The first-order valence-corrected chi connectivity index (χ1v) is 10.2. The van der Waals surface area contributed by atoms with Crippen LogP contribution in [0.2, 0.25) is 5.02 Å². The molecule has 0 spiro atoms. The van der Waals surface area contributed by atoms with Gasteiger partial charge in [0.15, 0.2) is 5.69 Å². The van der Waals surface area contributed by atoms with E-state index in [9.17, 15) is 14.4 Å². The Hall–Kier alpha value is -2.62. The van der Waals surface area contributed by atoms with Crippen LogP contribution in [0.1, 0.15) is 23.0 Å². The van der Waals surface area contributed by atoms with Crippen LogP contribution < -0.4 is 21.9 Å². The third kappa shape index (κ3) is 3.93. The van der Waals surface area contributed by atoms with Crippen molar-refractivity contribution >= 4 is 50.4 Å². The fourth-order valence-corrected chi connectivity index (χ4v) is 4.52. The molecule has 154 valence electrons. The summed E-state index contributed by atoms with van der Waals surface area (Å²) in [5, 5.41) is 1.07. The number of rotatable bonds is 7. The predicted molar refractivity (Wildman–Crippen MR) is 116 cm³/mol. The molecular formula is C19H21ClN4O4S. The lowest BCUT2D eigenvalue weighted by atomic mass is 10.2. The number of amides is 1. The number of fused-ring (bicyclic) bond motifs is 1. The van der Waals surface area contributed by atoms with Gasteiger partial charge < -0.3 is 10.5 Å². The Labute approximate surface area is 175 Å². The smallest absolute Gasteiger partial charge is 0.330 e. The van der Waals surface area contributed by atoms with Crippen LogP contribution in [0.15, 0.2) is 33.9 Å². The van der Waals surface area contributed by atoms with E-state index < -0.39 is 17.2 Å². The number of nitrogens with one attached hydrogen (secondary N) is 1. The summed E-state index contributed by atoms with van der Waals surface area (Å²) in [4.78, 5) is 41.9. The minimum absolute atomic E-state index is 0.0670. The maximum Gasteiger partial charge on any atom is 0.330 e. The van der Waals surface area contributed by atoms with Crippen molar-refractivity contribution in [2.45, 2.75) is 19.9 Å². The number of benzene rings is 1. The highest BCUT2D eigenvalue weighted by Crippen LogP contribution is 2.36. The summed E-state index contributed by atoms with van der Waals surface area (Å²) in [7, 11) is 1.49. The van der Waals surface area contributed by atoms with Crippen molar-refractivity contribution in [2.75, 3.05) is 30.9 Å². The topological polar surface area (TPSA) is 110 Å². The number of thiophene rings is 1. The predicted octanol–water partition coefficient (Wildman–Crippen LogP) is 2.69. The van der Waals surface area contributed by atoms with Crippen molar-refractivity contribution in [3.05, 3.63) is 55.0 Å². The molecule has 3 N–H and O–H groups in total. The highest BCUT2D eigenvalue weighted by molar-refractivity contribution is 7.21. The molecule has 0 unspecified atom stereocenters. The van der Waals surface area contributed by atoms with Crippen LogP contribution in [0.25, 0.3) is 10.1 Å². The molecule has 10 heteroatoms. The molecule has 0 saturated heterocycles. The SMILES string of the molecule is CCCn1c(N)c(N(CCOC)C(=O)c2sc3ccccc3c2Cl)c(=O)[nH]c1=O. The maximum atomic E-state index is 13.4. The molecule has 2 aromatic heterocycles. The Kier molecular flexibility index (Phi) is 6.41. The Morgan fingerprint density at radius 1 is 1.34 bits per heavy atom. The van der Waals surface area contributed by atoms with Crippen molar-refractivity contribution in [3.8, 4) is 0 Å². The van der Waals surface area contributed by atoms with Gasteiger partial charge in [-0.2, -0.15) is 0 Å². The molecule has 29 heavy (non-hydrogen) atoms. The molecule has 0 aliphatic rings. The molecule has 2 heterocycles. The van der Waals surface area contributed by atoms with Crippen LogP contribution >= 0.6 is 22.9 Å². The highest BCUT2D eigenvalue weighted by Gasteiger charge is 2.28. The Morgan fingerprint density at radius 3 is 2.72 bits per heavy atom. The number of hydrogen-bond donors (Lipinski definition) is 2. The summed E-state index contributed by atoms with van der Waals surface area (Å²) in [5.41, 5.74) is 4.71. The summed E-state index contributed by atoms with van der Waals surface area (Å²) in [5.74, 6) is -0.547. The molecule has 8 nitrogen and oxygen atoms in total. The number of anilines is 2. The summed E-state index contributed by atoms with van der Waals surface area (Å²) in [6.45, 7) is 2.42. The quantitative estimate of drug-likeness (QED) is 0.591. The van der Waals surface area contributed by atoms with E-state index in [0.29, 0.717) is 18.0 Å². The summed E-state index contributed by atoms with van der Waals surface area (Å²) < 4.78 is 7.20. The fraction of sp³-hybridized carbons (Fsp3) is 0.316. The Bertz CT molecular complexity index is 1170. The number of halogens is 1. The average molecular weight is 437 g/mol. The third-order valence-electron chi connectivity index (χ3n) is 4.42. The zero-order chi connectivity index (χ0) is 21.1. The van der Waals surface area contributed by atoms with Crippen molar-refractivity contribution in [2.24, 2.45) is 0 Å². The Balaban J connectivity index is 2.17. The van der Waals surface area contributed by atoms with Gasteiger partial charge in [-0.3, -0.25) is 24.0 Å². The number of aromatic amines is 1. The van der Waals surface area contributed by atoms with E-state index in [1.807, 2.05) is 31.2 Å². The van der Waals surface area contributed by atoms with Gasteiger partial charge in [0.25, 0.3) is 11.5 Å². The van der Waals surface area contributed by atoms with Crippen LogP contribution in [0.4, 0.5) is 11.5 Å². The zero-order valence-corrected chi connectivity index (χ0v) is 17.6. The molecule has 3 rings (SSSR count). The van der Waals surface area contributed by atoms with Gasteiger partial charge in [0, 0.05) is 30.3 Å². The molecule has 0 atom stereocenters. The van der Waals surface area contributed by atoms with Crippen molar-refractivity contribution in [1.29, 1.82) is 0 Å². The van der Waals surface area contributed by atoms with E-state index in [-0.39, 0.29) is 29.5 Å². The van der Waals surface area contributed by atoms with Gasteiger partial charge in [-0.25, -0.2) is 4.79 Å². The van der Waals surface area contributed by atoms with Crippen LogP contribution in [0.3, 0.4) is 0 Å². The zero-order valence-electron chi connectivity index (χ0n) is 16.0. The molecule has 0 saturated carbocycles. The lowest BCUT2D eigenvalue weighted by Crippen LogP contribution is -2.42. The minimum atomic E-state index is -0.735. The molecule has 0 radical (unpaired) electrons. The van der Waals surface area contributed by atoms with Gasteiger partial charge in [0.2, 0.25) is 0 Å². The van der Waals surface area contributed by atoms with Crippen molar-refractivity contribution < 1.29 is 9.53 Å². The van der Waals surface area contributed by atoms with Gasteiger partial charge in [0.05, 0.1) is 11.6 Å². The first-order valence-electron chi connectivity index (χ1n) is 9.01. The molecule has 0 aliphatic carbocycles. The number of nitrogens with zero attached hydrogens (tertiary/aromatic N) is 2. The summed E-state index contributed by atoms with van der Waals surface area (Å²) >= 11 is 7.69. The van der Waals surface area contributed by atoms with E-state index in [1.165, 1.54) is 27.9 Å². The number of carbonyl (C=O) groups is 1. The number of methoxy groups -OCH3 is 1. The Morgan fingerprint density at radius 2 is 2.07 bits per heavy atom. The molecular weight excluding hydrogens is 416 g/mol. The maximum absolute atomic E-state index is 13.4. The third-order valence-corrected chi connectivity index (χ3v) is 6.09. The van der Waals surface area contributed by atoms with E-state index in [2.05, 4.69) is 4.98 Å². The van der Waals surface area contributed by atoms with Crippen molar-refractivity contribution in [3.63, 3.8) is 0 Å². The first-order chi connectivity index (χ1) is 13.9. The second kappa shape index (κ2) is 8.81. The highest BCUT2D eigenvalue weighted by atomic mass is 35.5. The largest absolute Gasteiger partial charge is 0.383 e. The van der Waals surface area contributed by atoms with E-state index in [0.717, 1.165) is 10.1 Å². The van der Waals surface area contributed by atoms with Crippen molar-refractivity contribution in [1.82, 2.24) is 9.55 Å². The van der Waals surface area contributed by atoms with E-state index >= 15 is 0 Å². The number of nitrogens with two attached hydrogens (primary N) is 1. The van der Waals surface area contributed by atoms with Crippen LogP contribution in [-0.2, 0) is 11.3 Å². The minimum Gasteiger partial charge on any atom is -0.383 e. The summed E-state index contributed by atoms with van der Waals surface area (Å²) in [6.07, 6.45) is 0.629. The van der Waals surface area contributed by atoms with Crippen LogP contribution in [-0.4, -0.2) is 35.7 Å². The van der Waals surface area contributed by atoms with Gasteiger partial charge in [-0.1, -0.05) is 36.7 Å². The standard InChI is InChI=1S/C19H21ClN4O4S/c1-3-8-24-16(21)14(17(25)22-19(24)27)23(9-10-28-2)18(26)15-13(20)11-6-4-5-7-12(11)29-15/h4-7H,3,8-10,21H2,1-2H3,(H,22,25,27). The molecule has 0 aliphatic heterocycles. The monoisotopic (exact) mass is 436 g/mol. The van der Waals surface area contributed by atoms with E-state index in [4.69, 9.17) is 22.1 Å². The molecule has 1 amide bonds. The molecule has 0 fully saturated rings. The van der Waals surface area contributed by atoms with Crippen LogP contribution in [0, 0.1) is 0 Å². The molecule has 1 aromatic carbocycles.